The number of fused-ring (bicyclic) bond motifs is 1. The Labute approximate surface area is 254 Å². The van der Waals surface area contributed by atoms with Crippen LogP contribution < -0.4 is 9.64 Å². The zero-order valence-electron chi connectivity index (χ0n) is 24.2. The lowest BCUT2D eigenvalue weighted by atomic mass is 9.92. The van der Waals surface area contributed by atoms with Crippen LogP contribution in [0.2, 0.25) is 5.02 Å². The van der Waals surface area contributed by atoms with Gasteiger partial charge in [0, 0.05) is 48.5 Å². The fraction of sp³-hybridized carbons (Fsp3) is 0.419. The van der Waals surface area contributed by atoms with Gasteiger partial charge in [-0.3, -0.25) is 9.69 Å². The number of ether oxygens (including phenoxy) is 2. The molecule has 0 spiro atoms. The Morgan fingerprint density at radius 1 is 1.14 bits per heavy atom. The zero-order valence-corrected chi connectivity index (χ0v) is 25.8. The van der Waals surface area contributed by atoms with Crippen molar-refractivity contribution in [3.63, 3.8) is 0 Å². The van der Waals surface area contributed by atoms with E-state index >= 15 is 0 Å². The molecule has 4 aromatic rings. The number of aryl methyl sites for hydroxylation is 1. The van der Waals surface area contributed by atoms with Crippen LogP contribution in [0.25, 0.3) is 32.0 Å². The van der Waals surface area contributed by atoms with Gasteiger partial charge >= 0.3 is 5.97 Å². The Kier molecular flexibility index (Phi) is 7.82. The number of aromatic nitrogens is 3. The molecule has 9 nitrogen and oxygen atoms in total. The fourth-order valence-corrected chi connectivity index (χ4v) is 6.73. The molecule has 2 saturated heterocycles. The molecule has 6 rings (SSSR count). The van der Waals surface area contributed by atoms with E-state index in [1.54, 1.807) is 12.3 Å². The van der Waals surface area contributed by atoms with Gasteiger partial charge in [-0.1, -0.05) is 11.6 Å². The van der Waals surface area contributed by atoms with Gasteiger partial charge < -0.3 is 19.5 Å². The van der Waals surface area contributed by atoms with E-state index in [9.17, 15) is 9.90 Å². The molecule has 42 heavy (non-hydrogen) atoms. The van der Waals surface area contributed by atoms with E-state index in [-0.39, 0.29) is 6.42 Å². The second-order valence-corrected chi connectivity index (χ2v) is 13.2. The monoisotopic (exact) mass is 607 g/mol. The van der Waals surface area contributed by atoms with Gasteiger partial charge in [-0.25, -0.2) is 15.0 Å². The van der Waals surface area contributed by atoms with Crippen molar-refractivity contribution in [1.29, 1.82) is 0 Å². The molecule has 2 fully saturated rings. The summed E-state index contributed by atoms with van der Waals surface area (Å²) in [5.74, 6) is 0.388. The zero-order chi connectivity index (χ0) is 29.6. The first-order valence-electron chi connectivity index (χ1n) is 14.1. The standard InChI is InChI=1S/C31H34ClN5O4S/c1-18-13-24-28(27(22(18)15-26(38)39)21-6-5-19(32)14-25(21)41-31(2,3)4)42-29(34-24)23-7-8-33-30(35-23)37-11-9-36(10-12-37)20-16-40-17-20/h5-8,13-14,20H,9-12,15-17H2,1-4H3,(H,38,39). The summed E-state index contributed by atoms with van der Waals surface area (Å²) in [6.07, 6.45) is 1.66. The van der Waals surface area contributed by atoms with Crippen molar-refractivity contribution in [2.24, 2.45) is 0 Å². The number of hydrogen-bond acceptors (Lipinski definition) is 9. The van der Waals surface area contributed by atoms with E-state index in [2.05, 4.69) is 14.8 Å². The van der Waals surface area contributed by atoms with E-state index in [1.807, 2.05) is 52.0 Å². The third kappa shape index (κ3) is 5.94. The largest absolute Gasteiger partial charge is 0.487 e. The smallest absolute Gasteiger partial charge is 0.307 e. The average Bonchev–Trinajstić information content (AvgIpc) is 3.32. The van der Waals surface area contributed by atoms with Gasteiger partial charge in [0.25, 0.3) is 0 Å². The van der Waals surface area contributed by atoms with Gasteiger partial charge in [-0.15, -0.1) is 11.3 Å². The summed E-state index contributed by atoms with van der Waals surface area (Å²) in [6, 6.07) is 9.87. The van der Waals surface area contributed by atoms with Crippen LogP contribution in [0.15, 0.2) is 36.5 Å². The number of halogens is 1. The van der Waals surface area contributed by atoms with Crippen molar-refractivity contribution in [2.75, 3.05) is 44.3 Å². The molecule has 2 aliphatic heterocycles. The lowest BCUT2D eigenvalue weighted by molar-refractivity contribution is -0.136. The molecule has 2 aromatic carbocycles. The maximum Gasteiger partial charge on any atom is 0.307 e. The lowest BCUT2D eigenvalue weighted by Crippen LogP contribution is -2.56. The van der Waals surface area contributed by atoms with Crippen molar-refractivity contribution in [1.82, 2.24) is 19.9 Å². The van der Waals surface area contributed by atoms with Gasteiger partial charge in [-0.2, -0.15) is 0 Å². The highest BCUT2D eigenvalue weighted by molar-refractivity contribution is 7.22. The topological polar surface area (TPSA) is 101 Å². The number of carboxylic acids is 1. The van der Waals surface area contributed by atoms with Crippen LogP contribution in [0.5, 0.6) is 5.75 Å². The third-order valence-electron chi connectivity index (χ3n) is 7.56. The summed E-state index contributed by atoms with van der Waals surface area (Å²) in [5, 5.41) is 11.1. The molecule has 0 atom stereocenters. The predicted octanol–water partition coefficient (Wildman–Crippen LogP) is 5.71. The Morgan fingerprint density at radius 2 is 1.90 bits per heavy atom. The van der Waals surface area contributed by atoms with Crippen LogP contribution in [-0.2, 0) is 16.0 Å². The van der Waals surface area contributed by atoms with Gasteiger partial charge in [0.1, 0.15) is 22.1 Å². The molecule has 0 aliphatic carbocycles. The number of anilines is 1. The van der Waals surface area contributed by atoms with Crippen LogP contribution >= 0.6 is 22.9 Å². The molecule has 0 unspecified atom stereocenters. The molecule has 2 aliphatic rings. The van der Waals surface area contributed by atoms with E-state index < -0.39 is 11.6 Å². The van der Waals surface area contributed by atoms with Crippen molar-refractivity contribution >= 4 is 45.1 Å². The number of carbonyl (C=O) groups is 1. The number of benzene rings is 2. The van der Waals surface area contributed by atoms with Gasteiger partial charge in [-0.05, 0) is 69.2 Å². The molecule has 11 heteroatoms. The first kappa shape index (κ1) is 28.8. The molecule has 220 valence electrons. The minimum Gasteiger partial charge on any atom is -0.487 e. The van der Waals surface area contributed by atoms with Crippen LogP contribution in [0.1, 0.15) is 31.9 Å². The van der Waals surface area contributed by atoms with E-state index in [4.69, 9.17) is 31.0 Å². The molecule has 2 aromatic heterocycles. The summed E-state index contributed by atoms with van der Waals surface area (Å²) < 4.78 is 12.6. The van der Waals surface area contributed by atoms with Gasteiger partial charge in [0.2, 0.25) is 5.95 Å². The van der Waals surface area contributed by atoms with Crippen molar-refractivity contribution < 1.29 is 19.4 Å². The number of nitrogens with zero attached hydrogens (tertiary/aromatic N) is 5. The Balaban J connectivity index is 1.41. The first-order valence-corrected chi connectivity index (χ1v) is 15.3. The fourth-order valence-electron chi connectivity index (χ4n) is 5.47. The second kappa shape index (κ2) is 11.4. The normalized spacial score (nSPS) is 16.5. The SMILES string of the molecule is Cc1cc2nc(-c3ccnc(N4CCN(C5COC5)CC4)n3)sc2c(-c2ccc(Cl)cc2OC(C)(C)C)c1CC(=O)O. The molecular weight excluding hydrogens is 574 g/mol. The average molecular weight is 608 g/mol. The van der Waals surface area contributed by atoms with E-state index in [1.165, 1.54) is 11.3 Å². The summed E-state index contributed by atoms with van der Waals surface area (Å²) >= 11 is 7.89. The highest BCUT2D eigenvalue weighted by atomic mass is 35.5. The number of rotatable bonds is 7. The number of hydrogen-bond donors (Lipinski definition) is 1. The van der Waals surface area contributed by atoms with Crippen molar-refractivity contribution in [2.45, 2.75) is 45.8 Å². The number of piperazine rings is 1. The molecule has 0 bridgehead atoms. The summed E-state index contributed by atoms with van der Waals surface area (Å²) in [7, 11) is 0. The minimum atomic E-state index is -0.902. The van der Waals surface area contributed by atoms with Gasteiger partial charge in [0.15, 0.2) is 0 Å². The number of thiazole rings is 1. The Morgan fingerprint density at radius 3 is 2.57 bits per heavy atom. The number of carboxylic acid groups (broad SMARTS) is 1. The maximum absolute atomic E-state index is 12.0. The number of aliphatic carboxylic acids is 1. The van der Waals surface area contributed by atoms with Crippen molar-refractivity contribution in [3.8, 4) is 27.6 Å². The van der Waals surface area contributed by atoms with Crippen LogP contribution in [0.3, 0.4) is 0 Å². The highest BCUT2D eigenvalue weighted by Gasteiger charge is 2.30. The van der Waals surface area contributed by atoms with E-state index in [0.717, 1.165) is 82.6 Å². The highest BCUT2D eigenvalue weighted by Crippen LogP contribution is 2.45. The maximum atomic E-state index is 12.0. The van der Waals surface area contributed by atoms with Gasteiger partial charge in [0.05, 0.1) is 35.9 Å². The molecular formula is C31H34ClN5O4S. The lowest BCUT2D eigenvalue weighted by Gasteiger charge is -2.42. The summed E-state index contributed by atoms with van der Waals surface area (Å²) in [6.45, 7) is 13.1. The van der Waals surface area contributed by atoms with Crippen LogP contribution in [-0.4, -0.2) is 82.0 Å². The quantitative estimate of drug-likeness (QED) is 0.283. The molecule has 0 amide bonds. The molecule has 0 radical (unpaired) electrons. The van der Waals surface area contributed by atoms with E-state index in [0.29, 0.717) is 22.8 Å². The summed E-state index contributed by atoms with van der Waals surface area (Å²) in [4.78, 5) is 31.2. The first-order chi connectivity index (χ1) is 20.1. The minimum absolute atomic E-state index is 0.126. The Bertz CT molecular complexity index is 1640. The van der Waals surface area contributed by atoms with Crippen LogP contribution in [0.4, 0.5) is 5.95 Å². The molecule has 4 heterocycles. The summed E-state index contributed by atoms with van der Waals surface area (Å²) in [5.41, 5.74) is 4.20. The Hall–Kier alpha value is -3.31. The predicted molar refractivity (Wildman–Crippen MR) is 166 cm³/mol. The second-order valence-electron chi connectivity index (χ2n) is 11.8. The third-order valence-corrected chi connectivity index (χ3v) is 8.91. The van der Waals surface area contributed by atoms with Crippen LogP contribution in [0, 0.1) is 6.92 Å². The molecule has 1 N–H and O–H groups in total. The van der Waals surface area contributed by atoms with Crippen molar-refractivity contribution in [3.05, 3.63) is 52.7 Å². The molecule has 0 saturated carbocycles.